The van der Waals surface area contributed by atoms with Crippen LogP contribution in [0.25, 0.3) is 0 Å². The van der Waals surface area contributed by atoms with E-state index in [9.17, 15) is 0 Å². The van der Waals surface area contributed by atoms with Gasteiger partial charge in [0, 0.05) is 17.8 Å². The molecule has 3 nitrogen and oxygen atoms in total. The molecule has 4 aromatic rings. The number of ether oxygens (including phenoxy) is 1. The van der Waals surface area contributed by atoms with Crippen molar-refractivity contribution in [1.29, 1.82) is 0 Å². The van der Waals surface area contributed by atoms with Gasteiger partial charge in [-0.25, -0.2) is 0 Å². The molecule has 1 aliphatic carbocycles. The van der Waals surface area contributed by atoms with Gasteiger partial charge in [-0.3, -0.25) is 4.99 Å². The second-order valence-corrected chi connectivity index (χ2v) is 10.8. The average Bonchev–Trinajstić information content (AvgIpc) is 3.41. The standard InChI is InChI=1S/C34H31ClN2O/c1-22-16-23(2)18-25(17-22)21-38-33-15-10-24(19-31(33)35)20-36-27-13-11-26(12-14-27)34-30-8-5-7-28(30)29-6-3-4-9-32(29)37-34/h3-7,9-20,28,30,34,37H,8,21H2,1-2H3/t28-,30+,34-/m0/s1. The fraction of sp³-hybridized carbons (Fsp3) is 0.206. The van der Waals surface area contributed by atoms with E-state index in [1.807, 2.05) is 24.4 Å². The minimum Gasteiger partial charge on any atom is -0.487 e. The predicted molar refractivity (Wildman–Crippen MR) is 158 cm³/mol. The van der Waals surface area contributed by atoms with E-state index in [4.69, 9.17) is 21.3 Å². The molecule has 0 radical (unpaired) electrons. The van der Waals surface area contributed by atoms with Crippen LogP contribution in [0.4, 0.5) is 11.4 Å². The summed E-state index contributed by atoms with van der Waals surface area (Å²) in [6.07, 6.45) is 7.65. The van der Waals surface area contributed by atoms with Crippen molar-refractivity contribution in [3.8, 4) is 5.75 Å². The molecular formula is C34H31ClN2O. The molecular weight excluding hydrogens is 488 g/mol. The van der Waals surface area contributed by atoms with Crippen molar-refractivity contribution in [2.75, 3.05) is 5.32 Å². The van der Waals surface area contributed by atoms with Gasteiger partial charge < -0.3 is 10.1 Å². The molecule has 38 heavy (non-hydrogen) atoms. The Bertz CT molecular complexity index is 1500. The lowest BCUT2D eigenvalue weighted by Gasteiger charge is -2.37. The van der Waals surface area contributed by atoms with Crippen LogP contribution in [0, 0.1) is 19.8 Å². The molecule has 0 fully saturated rings. The smallest absolute Gasteiger partial charge is 0.138 e. The Kier molecular flexibility index (Phi) is 6.78. The van der Waals surface area contributed by atoms with Crippen LogP contribution in [0.3, 0.4) is 0 Å². The monoisotopic (exact) mass is 518 g/mol. The summed E-state index contributed by atoms with van der Waals surface area (Å²) in [7, 11) is 0. The maximum atomic E-state index is 6.53. The molecule has 4 aromatic carbocycles. The van der Waals surface area contributed by atoms with Crippen LogP contribution in [0.5, 0.6) is 5.75 Å². The first-order valence-electron chi connectivity index (χ1n) is 13.2. The zero-order valence-corrected chi connectivity index (χ0v) is 22.5. The van der Waals surface area contributed by atoms with Gasteiger partial charge in [0.25, 0.3) is 0 Å². The van der Waals surface area contributed by atoms with Gasteiger partial charge in [-0.1, -0.05) is 83.4 Å². The minimum atomic E-state index is 0.290. The fourth-order valence-electron chi connectivity index (χ4n) is 5.82. The number of allylic oxidation sites excluding steroid dienone is 2. The normalized spacial score (nSPS) is 19.7. The number of aliphatic imine (C=N–C) groups is 1. The summed E-state index contributed by atoms with van der Waals surface area (Å²) in [5.74, 6) is 1.69. The van der Waals surface area contributed by atoms with Gasteiger partial charge >= 0.3 is 0 Å². The Balaban J connectivity index is 1.12. The third-order valence-electron chi connectivity index (χ3n) is 7.52. The zero-order chi connectivity index (χ0) is 26.1. The number of hydrogen-bond donors (Lipinski definition) is 1. The van der Waals surface area contributed by atoms with Crippen LogP contribution in [-0.2, 0) is 6.61 Å². The fourth-order valence-corrected chi connectivity index (χ4v) is 6.06. The average molecular weight is 519 g/mol. The molecule has 0 saturated heterocycles. The highest BCUT2D eigenvalue weighted by molar-refractivity contribution is 6.32. The molecule has 2 aliphatic rings. The van der Waals surface area contributed by atoms with Crippen LogP contribution in [0.1, 0.15) is 51.8 Å². The van der Waals surface area contributed by atoms with Crippen molar-refractivity contribution >= 4 is 29.2 Å². The molecule has 1 aliphatic heterocycles. The summed E-state index contributed by atoms with van der Waals surface area (Å²) < 4.78 is 5.99. The van der Waals surface area contributed by atoms with Crippen LogP contribution in [0.2, 0.25) is 5.02 Å². The Morgan fingerprint density at radius 1 is 0.947 bits per heavy atom. The molecule has 1 heterocycles. The van der Waals surface area contributed by atoms with Crippen molar-refractivity contribution in [2.24, 2.45) is 10.9 Å². The van der Waals surface area contributed by atoms with E-state index in [0.29, 0.717) is 29.2 Å². The predicted octanol–water partition coefficient (Wildman–Crippen LogP) is 9.11. The largest absolute Gasteiger partial charge is 0.487 e. The van der Waals surface area contributed by atoms with E-state index in [2.05, 4.69) is 98.0 Å². The molecule has 0 saturated carbocycles. The molecule has 3 atom stereocenters. The van der Waals surface area contributed by atoms with Crippen molar-refractivity contribution in [2.45, 2.75) is 38.8 Å². The maximum Gasteiger partial charge on any atom is 0.138 e. The minimum absolute atomic E-state index is 0.290. The summed E-state index contributed by atoms with van der Waals surface area (Å²) >= 11 is 6.53. The lowest BCUT2D eigenvalue weighted by molar-refractivity contribution is 0.306. The van der Waals surface area contributed by atoms with Gasteiger partial charge in [0.2, 0.25) is 0 Å². The zero-order valence-electron chi connectivity index (χ0n) is 21.7. The summed E-state index contributed by atoms with van der Waals surface area (Å²) in [6.45, 7) is 4.68. The number of halogens is 1. The van der Waals surface area contributed by atoms with E-state index >= 15 is 0 Å². The van der Waals surface area contributed by atoms with E-state index in [1.165, 1.54) is 27.9 Å². The van der Waals surface area contributed by atoms with Gasteiger partial charge in [0.1, 0.15) is 12.4 Å². The summed E-state index contributed by atoms with van der Waals surface area (Å²) in [6, 6.07) is 29.8. The highest BCUT2D eigenvalue weighted by atomic mass is 35.5. The first kappa shape index (κ1) is 24.5. The number of anilines is 1. The van der Waals surface area contributed by atoms with Gasteiger partial charge in [-0.15, -0.1) is 0 Å². The number of nitrogens with zero attached hydrogens (tertiary/aromatic N) is 1. The van der Waals surface area contributed by atoms with Crippen molar-refractivity contribution in [1.82, 2.24) is 0 Å². The maximum absolute atomic E-state index is 6.53. The third-order valence-corrected chi connectivity index (χ3v) is 7.81. The molecule has 0 bridgehead atoms. The molecule has 0 spiro atoms. The number of fused-ring (bicyclic) bond motifs is 3. The Labute approximate surface area is 229 Å². The lowest BCUT2D eigenvalue weighted by Crippen LogP contribution is -2.28. The lowest BCUT2D eigenvalue weighted by atomic mass is 9.77. The van der Waals surface area contributed by atoms with E-state index in [1.54, 1.807) is 0 Å². The number of nitrogens with one attached hydrogen (secondary N) is 1. The Hall–Kier alpha value is -3.82. The first-order chi connectivity index (χ1) is 18.5. The molecule has 0 unspecified atom stereocenters. The third kappa shape index (κ3) is 5.12. The van der Waals surface area contributed by atoms with E-state index in [-0.39, 0.29) is 6.04 Å². The summed E-state index contributed by atoms with van der Waals surface area (Å²) in [5, 5.41) is 4.38. The van der Waals surface area contributed by atoms with Crippen LogP contribution in [-0.4, -0.2) is 6.21 Å². The number of hydrogen-bond acceptors (Lipinski definition) is 3. The van der Waals surface area contributed by atoms with Gasteiger partial charge in [-0.05, 0) is 84.8 Å². The van der Waals surface area contributed by atoms with Crippen LogP contribution < -0.4 is 10.1 Å². The van der Waals surface area contributed by atoms with Crippen LogP contribution >= 0.6 is 11.6 Å². The molecule has 1 N–H and O–H groups in total. The van der Waals surface area contributed by atoms with E-state index < -0.39 is 0 Å². The highest BCUT2D eigenvalue weighted by Gasteiger charge is 2.37. The van der Waals surface area contributed by atoms with Gasteiger partial charge in [-0.2, -0.15) is 0 Å². The van der Waals surface area contributed by atoms with Crippen molar-refractivity contribution < 1.29 is 4.74 Å². The SMILES string of the molecule is Cc1cc(C)cc(COc2ccc(C=Nc3ccc([C@@H]4Nc5ccccc5[C@@H]5C=CC[C@H]54)cc3)cc2Cl)c1. The highest BCUT2D eigenvalue weighted by Crippen LogP contribution is 2.49. The first-order valence-corrected chi connectivity index (χ1v) is 13.6. The number of benzene rings is 4. The van der Waals surface area contributed by atoms with Gasteiger partial charge in [0.15, 0.2) is 0 Å². The number of rotatable bonds is 6. The second kappa shape index (κ2) is 10.5. The Morgan fingerprint density at radius 2 is 1.74 bits per heavy atom. The molecule has 0 amide bonds. The molecule has 0 aromatic heterocycles. The molecule has 4 heteroatoms. The number of aryl methyl sites for hydroxylation is 2. The van der Waals surface area contributed by atoms with Crippen molar-refractivity contribution in [3.05, 3.63) is 135 Å². The molecule has 190 valence electrons. The van der Waals surface area contributed by atoms with E-state index in [0.717, 1.165) is 23.2 Å². The number of para-hydroxylation sites is 1. The van der Waals surface area contributed by atoms with Gasteiger partial charge in [0.05, 0.1) is 16.8 Å². The Morgan fingerprint density at radius 3 is 2.53 bits per heavy atom. The van der Waals surface area contributed by atoms with Crippen LogP contribution in [0.15, 0.2) is 102 Å². The molecule has 6 rings (SSSR count). The summed E-state index contributed by atoms with van der Waals surface area (Å²) in [5.41, 5.74) is 9.39. The summed E-state index contributed by atoms with van der Waals surface area (Å²) in [4.78, 5) is 4.69. The van der Waals surface area contributed by atoms with Crippen molar-refractivity contribution in [3.63, 3.8) is 0 Å². The quantitative estimate of drug-likeness (QED) is 0.204. The topological polar surface area (TPSA) is 33.6 Å². The second-order valence-electron chi connectivity index (χ2n) is 10.4.